The zero-order valence-corrected chi connectivity index (χ0v) is 16.4. The maximum atomic E-state index is 13.0. The van der Waals surface area contributed by atoms with Crippen LogP contribution in [0.15, 0.2) is 24.5 Å². The number of aryl methyl sites for hydroxylation is 1. The van der Waals surface area contributed by atoms with Crippen molar-refractivity contribution in [2.45, 2.75) is 45.6 Å². The molecule has 0 radical (unpaired) electrons. The van der Waals surface area contributed by atoms with E-state index in [2.05, 4.69) is 44.2 Å². The number of hydrogen-bond donors (Lipinski definition) is 0. The number of aromatic nitrogens is 3. The zero-order valence-electron chi connectivity index (χ0n) is 16.4. The molecule has 0 N–H and O–H groups in total. The van der Waals surface area contributed by atoms with Crippen LogP contribution >= 0.6 is 0 Å². The second kappa shape index (κ2) is 7.80. The largest absolute Gasteiger partial charge is 0.345 e. The second-order valence-electron chi connectivity index (χ2n) is 7.83. The fourth-order valence-electron chi connectivity index (χ4n) is 4.63. The van der Waals surface area contributed by atoms with Crippen molar-refractivity contribution in [3.05, 3.63) is 41.5 Å². The van der Waals surface area contributed by atoms with Gasteiger partial charge in [0.15, 0.2) is 5.78 Å². The van der Waals surface area contributed by atoms with E-state index in [9.17, 15) is 4.79 Å². The molecule has 1 saturated carbocycles. The Labute approximate surface area is 161 Å². The van der Waals surface area contributed by atoms with Gasteiger partial charge in [-0.05, 0) is 38.8 Å². The third-order valence-electron chi connectivity index (χ3n) is 6.05. The molecule has 2 fully saturated rings. The number of piperazine rings is 1. The molecule has 1 saturated heterocycles. The van der Waals surface area contributed by atoms with Gasteiger partial charge in [-0.2, -0.15) is 0 Å². The Morgan fingerprint density at radius 2 is 1.74 bits per heavy atom. The number of hydrogen-bond acceptors (Lipinski definition) is 5. The van der Waals surface area contributed by atoms with Gasteiger partial charge in [0, 0.05) is 61.6 Å². The third kappa shape index (κ3) is 3.76. The van der Waals surface area contributed by atoms with E-state index in [-0.39, 0.29) is 5.78 Å². The minimum Gasteiger partial charge on any atom is -0.345 e. The first kappa shape index (κ1) is 18.2. The Hall–Kier alpha value is -2.21. The van der Waals surface area contributed by atoms with Gasteiger partial charge < -0.3 is 9.47 Å². The average Bonchev–Trinajstić information content (AvgIpc) is 3.31. The fraction of sp³-hybridized carbons (Fsp3) is 0.571. The van der Waals surface area contributed by atoms with Crippen molar-refractivity contribution in [3.63, 3.8) is 0 Å². The number of carbonyl (C=O) groups is 1. The van der Waals surface area contributed by atoms with Crippen LogP contribution < -0.4 is 4.90 Å². The summed E-state index contributed by atoms with van der Waals surface area (Å²) in [5, 5.41) is 0. The number of rotatable bonds is 5. The predicted octanol–water partition coefficient (Wildman–Crippen LogP) is 3.01. The van der Waals surface area contributed by atoms with Crippen LogP contribution in [0.5, 0.6) is 0 Å². The number of ketones is 1. The number of carbonyl (C=O) groups excluding carboxylic acids is 1. The SMILES string of the molecule is Cc1cc(C(=O)CN2CCN(c3ncccn3)CC2)c(C)n1C1CCCC1. The van der Waals surface area contributed by atoms with E-state index in [0.29, 0.717) is 12.6 Å². The summed E-state index contributed by atoms with van der Waals surface area (Å²) in [7, 11) is 0. The molecule has 4 rings (SSSR count). The minimum absolute atomic E-state index is 0.247. The quantitative estimate of drug-likeness (QED) is 0.761. The van der Waals surface area contributed by atoms with E-state index >= 15 is 0 Å². The van der Waals surface area contributed by atoms with Crippen molar-refractivity contribution in [2.24, 2.45) is 0 Å². The Balaban J connectivity index is 1.38. The van der Waals surface area contributed by atoms with Gasteiger partial charge in [-0.15, -0.1) is 0 Å². The van der Waals surface area contributed by atoms with Crippen LogP contribution in [0.4, 0.5) is 5.95 Å². The second-order valence-corrected chi connectivity index (χ2v) is 7.83. The average molecular weight is 367 g/mol. The lowest BCUT2D eigenvalue weighted by Gasteiger charge is -2.34. The molecule has 0 atom stereocenters. The molecule has 3 heterocycles. The van der Waals surface area contributed by atoms with E-state index in [1.807, 2.05) is 6.07 Å². The molecule has 0 aromatic carbocycles. The van der Waals surface area contributed by atoms with Crippen molar-refractivity contribution in [2.75, 3.05) is 37.6 Å². The van der Waals surface area contributed by atoms with Crippen LogP contribution in [0, 0.1) is 13.8 Å². The Morgan fingerprint density at radius 3 is 2.41 bits per heavy atom. The lowest BCUT2D eigenvalue weighted by atomic mass is 10.1. The molecule has 2 aromatic rings. The lowest BCUT2D eigenvalue weighted by molar-refractivity contribution is 0.0925. The molecule has 1 aliphatic carbocycles. The topological polar surface area (TPSA) is 54.3 Å². The number of nitrogens with zero attached hydrogens (tertiary/aromatic N) is 5. The molecule has 1 aliphatic heterocycles. The van der Waals surface area contributed by atoms with Gasteiger partial charge in [-0.1, -0.05) is 12.8 Å². The summed E-state index contributed by atoms with van der Waals surface area (Å²) in [5.74, 6) is 1.03. The molecule has 0 amide bonds. The Morgan fingerprint density at radius 1 is 1.07 bits per heavy atom. The van der Waals surface area contributed by atoms with Crippen molar-refractivity contribution >= 4 is 11.7 Å². The highest BCUT2D eigenvalue weighted by Crippen LogP contribution is 2.33. The van der Waals surface area contributed by atoms with E-state index in [1.54, 1.807) is 12.4 Å². The first-order valence-electron chi connectivity index (χ1n) is 10.1. The molecule has 0 bridgehead atoms. The smallest absolute Gasteiger partial charge is 0.225 e. The molecule has 6 nitrogen and oxygen atoms in total. The van der Waals surface area contributed by atoms with Crippen molar-refractivity contribution in [1.29, 1.82) is 0 Å². The van der Waals surface area contributed by atoms with E-state index < -0.39 is 0 Å². The van der Waals surface area contributed by atoms with Gasteiger partial charge in [0.05, 0.1) is 6.54 Å². The fourth-order valence-corrected chi connectivity index (χ4v) is 4.63. The molecule has 0 spiro atoms. The van der Waals surface area contributed by atoms with Crippen LogP contribution in [0.1, 0.15) is 53.5 Å². The highest BCUT2D eigenvalue weighted by molar-refractivity contribution is 5.99. The molecule has 144 valence electrons. The number of anilines is 1. The van der Waals surface area contributed by atoms with E-state index in [0.717, 1.165) is 43.4 Å². The molecule has 2 aliphatic rings. The molecule has 0 unspecified atom stereocenters. The predicted molar refractivity (Wildman–Crippen MR) is 106 cm³/mol. The molecule has 6 heteroatoms. The van der Waals surface area contributed by atoms with E-state index in [4.69, 9.17) is 0 Å². The van der Waals surface area contributed by atoms with Crippen LogP contribution in [0.3, 0.4) is 0 Å². The summed E-state index contributed by atoms with van der Waals surface area (Å²) in [6, 6.07) is 4.52. The Bertz CT molecular complexity index is 786. The Kier molecular flexibility index (Phi) is 5.25. The highest BCUT2D eigenvalue weighted by atomic mass is 16.1. The maximum absolute atomic E-state index is 13.0. The first-order valence-corrected chi connectivity index (χ1v) is 10.1. The van der Waals surface area contributed by atoms with Crippen LogP contribution in [0.2, 0.25) is 0 Å². The molecular weight excluding hydrogens is 338 g/mol. The van der Waals surface area contributed by atoms with Gasteiger partial charge in [-0.3, -0.25) is 9.69 Å². The van der Waals surface area contributed by atoms with Crippen LogP contribution in [-0.2, 0) is 0 Å². The maximum Gasteiger partial charge on any atom is 0.225 e. The van der Waals surface area contributed by atoms with E-state index in [1.165, 1.54) is 31.4 Å². The summed E-state index contributed by atoms with van der Waals surface area (Å²) in [4.78, 5) is 26.1. The summed E-state index contributed by atoms with van der Waals surface area (Å²) in [6.45, 7) is 8.20. The summed E-state index contributed by atoms with van der Waals surface area (Å²) < 4.78 is 2.41. The summed E-state index contributed by atoms with van der Waals surface area (Å²) in [6.07, 6.45) is 8.65. The zero-order chi connectivity index (χ0) is 18.8. The van der Waals surface area contributed by atoms with Gasteiger partial charge in [0.1, 0.15) is 0 Å². The first-order chi connectivity index (χ1) is 13.1. The molecule has 2 aromatic heterocycles. The van der Waals surface area contributed by atoms with Gasteiger partial charge in [0.25, 0.3) is 0 Å². The van der Waals surface area contributed by atoms with Crippen molar-refractivity contribution < 1.29 is 4.79 Å². The molecule has 27 heavy (non-hydrogen) atoms. The summed E-state index contributed by atoms with van der Waals surface area (Å²) >= 11 is 0. The third-order valence-corrected chi connectivity index (χ3v) is 6.05. The van der Waals surface area contributed by atoms with Crippen LogP contribution in [0.25, 0.3) is 0 Å². The lowest BCUT2D eigenvalue weighted by Crippen LogP contribution is -2.48. The normalized spacial score (nSPS) is 19.0. The standard InChI is InChI=1S/C21H29N5O/c1-16-14-19(17(2)26(16)18-6-3-4-7-18)20(27)15-24-10-12-25(13-11-24)21-22-8-5-9-23-21/h5,8-9,14,18H,3-4,6-7,10-13,15H2,1-2H3. The number of Topliss-reactive ketones (excluding diaryl/α,β-unsaturated/α-hetero) is 1. The highest BCUT2D eigenvalue weighted by Gasteiger charge is 2.25. The minimum atomic E-state index is 0.247. The van der Waals surface area contributed by atoms with Crippen molar-refractivity contribution in [1.82, 2.24) is 19.4 Å². The summed E-state index contributed by atoms with van der Waals surface area (Å²) in [5.41, 5.74) is 3.29. The monoisotopic (exact) mass is 367 g/mol. The van der Waals surface area contributed by atoms with Gasteiger partial charge in [-0.25, -0.2) is 9.97 Å². The van der Waals surface area contributed by atoms with Gasteiger partial charge in [0.2, 0.25) is 5.95 Å². The molecular formula is C21H29N5O. The van der Waals surface area contributed by atoms with Crippen molar-refractivity contribution in [3.8, 4) is 0 Å². The van der Waals surface area contributed by atoms with Gasteiger partial charge >= 0.3 is 0 Å². The van der Waals surface area contributed by atoms with Crippen LogP contribution in [-0.4, -0.2) is 57.9 Å².